The fourth-order valence-corrected chi connectivity index (χ4v) is 5.64. The van der Waals surface area contributed by atoms with Gasteiger partial charge in [0.25, 0.3) is 0 Å². The highest BCUT2D eigenvalue weighted by Gasteiger charge is 2.22. The van der Waals surface area contributed by atoms with Crippen LogP contribution in [0.25, 0.3) is 0 Å². The van der Waals surface area contributed by atoms with Crippen molar-refractivity contribution in [2.45, 2.75) is 83.5 Å². The lowest BCUT2D eigenvalue weighted by atomic mass is 9.78. The zero-order valence-electron chi connectivity index (χ0n) is 22.1. The molecule has 0 bridgehead atoms. The van der Waals surface area contributed by atoms with Gasteiger partial charge in [-0.05, 0) is 124 Å². The van der Waals surface area contributed by atoms with Gasteiger partial charge in [-0.2, -0.15) is 10.5 Å². The van der Waals surface area contributed by atoms with Crippen molar-refractivity contribution in [3.63, 3.8) is 0 Å². The molecule has 0 radical (unpaired) electrons. The van der Waals surface area contributed by atoms with Gasteiger partial charge in [0, 0.05) is 0 Å². The van der Waals surface area contributed by atoms with Gasteiger partial charge in [-0.15, -0.1) is 0 Å². The Hall–Kier alpha value is -3.24. The van der Waals surface area contributed by atoms with Gasteiger partial charge in [0.05, 0.1) is 11.1 Å². The van der Waals surface area contributed by atoms with Gasteiger partial charge in [-0.25, -0.2) is 8.78 Å². The Labute approximate surface area is 221 Å². The van der Waals surface area contributed by atoms with E-state index in [1.807, 2.05) is 24.3 Å². The number of benzene rings is 2. The number of hydrogen-bond acceptors (Lipinski definition) is 2. The van der Waals surface area contributed by atoms with E-state index in [2.05, 4.69) is 38.2 Å². The summed E-state index contributed by atoms with van der Waals surface area (Å²) in [5.41, 5.74) is 2.38. The Balaban J connectivity index is 0.000000206. The highest BCUT2D eigenvalue weighted by atomic mass is 19.1. The predicted molar refractivity (Wildman–Crippen MR) is 146 cm³/mol. The van der Waals surface area contributed by atoms with Crippen LogP contribution in [0.1, 0.15) is 106 Å². The summed E-state index contributed by atoms with van der Waals surface area (Å²) in [6, 6.07) is 13.8. The summed E-state index contributed by atoms with van der Waals surface area (Å²) in [5.74, 6) is 1.52. The molecule has 0 atom stereocenters. The molecule has 2 aromatic rings. The summed E-state index contributed by atoms with van der Waals surface area (Å²) in [5, 5.41) is 17.5. The standard InChI is InChI=1S/C17H20FN.C16H18FN/c1-2-3-4-13-5-7-14(8-6-13)15-9-10-16(12-19)17(18)11-15;1-2-3-12-4-6-13(7-5-12)14-8-9-15(11-18)16(17)10-14/h3-4,9-11,13-14H,2,5-8H2,1H3;2-3,8-10,12-13H,4-7H2,1H3/b4-3+;3-2+. The molecular weight excluding hydrogens is 462 g/mol. The first kappa shape index (κ1) is 28.3. The molecule has 0 heterocycles. The lowest BCUT2D eigenvalue weighted by Crippen LogP contribution is -2.12. The van der Waals surface area contributed by atoms with Crippen LogP contribution in [0.4, 0.5) is 8.78 Å². The van der Waals surface area contributed by atoms with E-state index in [1.54, 1.807) is 24.3 Å². The van der Waals surface area contributed by atoms with Crippen molar-refractivity contribution in [1.29, 1.82) is 10.5 Å². The maximum absolute atomic E-state index is 13.6. The molecule has 2 fully saturated rings. The fourth-order valence-electron chi connectivity index (χ4n) is 5.64. The quantitative estimate of drug-likeness (QED) is 0.384. The number of allylic oxidation sites excluding steroid dienone is 4. The van der Waals surface area contributed by atoms with E-state index in [1.165, 1.54) is 25.7 Å². The van der Waals surface area contributed by atoms with Crippen LogP contribution < -0.4 is 0 Å². The largest absolute Gasteiger partial charge is 0.206 e. The summed E-state index contributed by atoms with van der Waals surface area (Å²) in [4.78, 5) is 0. The van der Waals surface area contributed by atoms with E-state index in [9.17, 15) is 8.78 Å². The average molecular weight is 501 g/mol. The van der Waals surface area contributed by atoms with E-state index in [0.717, 1.165) is 43.2 Å². The number of rotatable bonds is 5. The van der Waals surface area contributed by atoms with E-state index in [4.69, 9.17) is 10.5 Å². The normalized spacial score (nSPS) is 23.7. The summed E-state index contributed by atoms with van der Waals surface area (Å²) in [7, 11) is 0. The Morgan fingerprint density at radius 1 is 0.730 bits per heavy atom. The lowest BCUT2D eigenvalue weighted by Gasteiger charge is -2.27. The molecule has 0 aliphatic heterocycles. The molecular formula is C33H38F2N2. The molecule has 0 N–H and O–H groups in total. The summed E-state index contributed by atoms with van der Waals surface area (Å²) in [6.07, 6.45) is 19.2. The van der Waals surface area contributed by atoms with Crippen molar-refractivity contribution in [2.75, 3.05) is 0 Å². The van der Waals surface area contributed by atoms with Gasteiger partial charge in [0.2, 0.25) is 0 Å². The third-order valence-corrected chi connectivity index (χ3v) is 7.82. The number of nitriles is 2. The molecule has 2 aromatic carbocycles. The van der Waals surface area contributed by atoms with Crippen LogP contribution in [0.2, 0.25) is 0 Å². The first-order valence-electron chi connectivity index (χ1n) is 13.7. The minimum atomic E-state index is -0.384. The Morgan fingerprint density at radius 3 is 1.51 bits per heavy atom. The average Bonchev–Trinajstić information content (AvgIpc) is 2.93. The molecule has 0 unspecified atom stereocenters. The minimum Gasteiger partial charge on any atom is -0.206 e. The zero-order valence-corrected chi connectivity index (χ0v) is 22.1. The second-order valence-electron chi connectivity index (χ2n) is 10.3. The van der Waals surface area contributed by atoms with Crippen LogP contribution in [0.5, 0.6) is 0 Å². The van der Waals surface area contributed by atoms with Crippen molar-refractivity contribution in [1.82, 2.24) is 0 Å². The van der Waals surface area contributed by atoms with Crippen LogP contribution in [-0.2, 0) is 0 Å². The monoisotopic (exact) mass is 500 g/mol. The third kappa shape index (κ3) is 8.13. The molecule has 0 saturated heterocycles. The van der Waals surface area contributed by atoms with Crippen LogP contribution in [0, 0.1) is 46.1 Å². The van der Waals surface area contributed by atoms with E-state index in [-0.39, 0.29) is 22.8 Å². The van der Waals surface area contributed by atoms with Gasteiger partial charge in [-0.1, -0.05) is 43.4 Å². The molecule has 0 spiro atoms. The summed E-state index contributed by atoms with van der Waals surface area (Å²) >= 11 is 0. The molecule has 2 nitrogen and oxygen atoms in total. The summed E-state index contributed by atoms with van der Waals surface area (Å²) < 4.78 is 27.2. The van der Waals surface area contributed by atoms with E-state index < -0.39 is 0 Å². The molecule has 2 aliphatic carbocycles. The molecule has 0 amide bonds. The number of hydrogen-bond donors (Lipinski definition) is 0. The van der Waals surface area contributed by atoms with Crippen molar-refractivity contribution in [2.24, 2.45) is 11.8 Å². The van der Waals surface area contributed by atoms with Crippen molar-refractivity contribution in [3.8, 4) is 12.1 Å². The van der Waals surface area contributed by atoms with Crippen LogP contribution >= 0.6 is 0 Å². The molecule has 194 valence electrons. The molecule has 0 aromatic heterocycles. The molecule has 4 heteroatoms. The zero-order chi connectivity index (χ0) is 26.6. The van der Waals surface area contributed by atoms with Crippen molar-refractivity contribution in [3.05, 3.63) is 94.6 Å². The van der Waals surface area contributed by atoms with Gasteiger partial charge in [0.15, 0.2) is 0 Å². The number of halogens is 2. The smallest absolute Gasteiger partial charge is 0.141 e. The maximum Gasteiger partial charge on any atom is 0.141 e. The number of nitrogens with zero attached hydrogens (tertiary/aromatic N) is 2. The Kier molecular flexibility index (Phi) is 11.1. The SMILES string of the molecule is C/C=C/C1CCC(c2ccc(C#N)c(F)c2)CC1.CC/C=C/C1CCC(c2ccc(C#N)c(F)c2)CC1. The van der Waals surface area contributed by atoms with Gasteiger partial charge in [0.1, 0.15) is 23.8 Å². The van der Waals surface area contributed by atoms with Crippen LogP contribution in [0.15, 0.2) is 60.7 Å². The third-order valence-electron chi connectivity index (χ3n) is 7.82. The van der Waals surface area contributed by atoms with E-state index >= 15 is 0 Å². The molecule has 37 heavy (non-hydrogen) atoms. The van der Waals surface area contributed by atoms with Gasteiger partial charge < -0.3 is 0 Å². The highest BCUT2D eigenvalue weighted by Crippen LogP contribution is 2.37. The predicted octanol–water partition coefficient (Wildman–Crippen LogP) is 9.48. The second kappa shape index (κ2) is 14.5. The highest BCUT2D eigenvalue weighted by molar-refractivity contribution is 5.36. The molecule has 4 rings (SSSR count). The lowest BCUT2D eigenvalue weighted by molar-refractivity contribution is 0.374. The Bertz CT molecular complexity index is 1150. The molecule has 2 saturated carbocycles. The first-order valence-corrected chi connectivity index (χ1v) is 13.7. The first-order chi connectivity index (χ1) is 18.0. The van der Waals surface area contributed by atoms with Crippen LogP contribution in [0.3, 0.4) is 0 Å². The summed E-state index contributed by atoms with van der Waals surface area (Å²) in [6.45, 7) is 4.21. The Morgan fingerprint density at radius 2 is 1.16 bits per heavy atom. The van der Waals surface area contributed by atoms with Crippen molar-refractivity contribution >= 4 is 0 Å². The minimum absolute atomic E-state index is 0.140. The molecule has 2 aliphatic rings. The maximum atomic E-state index is 13.6. The van der Waals surface area contributed by atoms with Gasteiger partial charge in [-0.3, -0.25) is 0 Å². The fraction of sp³-hybridized carbons (Fsp3) is 0.455. The van der Waals surface area contributed by atoms with Gasteiger partial charge >= 0.3 is 0 Å². The van der Waals surface area contributed by atoms with Crippen molar-refractivity contribution < 1.29 is 8.78 Å². The topological polar surface area (TPSA) is 47.6 Å². The van der Waals surface area contributed by atoms with Crippen LogP contribution in [-0.4, -0.2) is 0 Å². The second-order valence-corrected chi connectivity index (χ2v) is 10.3. The van der Waals surface area contributed by atoms with E-state index in [0.29, 0.717) is 23.7 Å².